The van der Waals surface area contributed by atoms with Gasteiger partial charge in [0.2, 0.25) is 0 Å². The Morgan fingerprint density at radius 1 is 1.53 bits per heavy atom. The molecule has 0 bridgehead atoms. The SMILES string of the molecule is COC1CCCC(OC(=O)Cn2cc(CN)nn2)C1. The summed E-state index contributed by atoms with van der Waals surface area (Å²) in [5.41, 5.74) is 6.09. The van der Waals surface area contributed by atoms with Crippen molar-refractivity contribution in [3.05, 3.63) is 11.9 Å². The minimum atomic E-state index is -0.296. The number of aromatic nitrogens is 3. The summed E-state index contributed by atoms with van der Waals surface area (Å²) in [5.74, 6) is -0.296. The van der Waals surface area contributed by atoms with Crippen LogP contribution in [0, 0.1) is 0 Å². The molecule has 0 aromatic carbocycles. The van der Waals surface area contributed by atoms with Crippen LogP contribution < -0.4 is 5.73 Å². The van der Waals surface area contributed by atoms with Gasteiger partial charge in [-0.15, -0.1) is 5.10 Å². The van der Waals surface area contributed by atoms with Crippen molar-refractivity contribution in [1.29, 1.82) is 0 Å². The van der Waals surface area contributed by atoms with Crippen LogP contribution >= 0.6 is 0 Å². The number of nitrogens with two attached hydrogens (primary N) is 1. The summed E-state index contributed by atoms with van der Waals surface area (Å²) in [7, 11) is 1.69. The number of carbonyl (C=O) groups excluding carboxylic acids is 1. The second kappa shape index (κ2) is 6.63. The lowest BCUT2D eigenvalue weighted by Gasteiger charge is -2.27. The Hall–Kier alpha value is -1.47. The fourth-order valence-electron chi connectivity index (χ4n) is 2.29. The Morgan fingerprint density at radius 3 is 3.00 bits per heavy atom. The molecule has 7 nitrogen and oxygen atoms in total. The second-order valence-electron chi connectivity index (χ2n) is 4.75. The number of carbonyl (C=O) groups is 1. The van der Waals surface area contributed by atoms with Gasteiger partial charge in [-0.05, 0) is 19.3 Å². The van der Waals surface area contributed by atoms with Crippen LogP contribution in [0.3, 0.4) is 0 Å². The van der Waals surface area contributed by atoms with E-state index in [1.807, 2.05) is 0 Å². The molecule has 0 amide bonds. The lowest BCUT2D eigenvalue weighted by atomic mass is 9.95. The highest BCUT2D eigenvalue weighted by molar-refractivity contribution is 5.69. The van der Waals surface area contributed by atoms with Gasteiger partial charge < -0.3 is 15.2 Å². The highest BCUT2D eigenvalue weighted by atomic mass is 16.5. The average Bonchev–Trinajstić information content (AvgIpc) is 2.86. The van der Waals surface area contributed by atoms with Gasteiger partial charge in [-0.25, -0.2) is 4.68 Å². The van der Waals surface area contributed by atoms with Gasteiger partial charge in [0.15, 0.2) is 0 Å². The third kappa shape index (κ3) is 4.00. The molecule has 1 aromatic rings. The molecule has 1 aromatic heterocycles. The van der Waals surface area contributed by atoms with E-state index in [0.717, 1.165) is 25.7 Å². The fourth-order valence-corrected chi connectivity index (χ4v) is 2.29. The highest BCUT2D eigenvalue weighted by Crippen LogP contribution is 2.23. The van der Waals surface area contributed by atoms with Crippen LogP contribution in [0.15, 0.2) is 6.20 Å². The molecule has 19 heavy (non-hydrogen) atoms. The van der Waals surface area contributed by atoms with Gasteiger partial charge in [0, 0.05) is 20.1 Å². The topological polar surface area (TPSA) is 92.3 Å². The Labute approximate surface area is 112 Å². The van der Waals surface area contributed by atoms with E-state index in [4.69, 9.17) is 15.2 Å². The van der Waals surface area contributed by atoms with E-state index < -0.39 is 0 Å². The predicted molar refractivity (Wildman–Crippen MR) is 67.1 cm³/mol. The van der Waals surface area contributed by atoms with Gasteiger partial charge in [0.1, 0.15) is 12.6 Å². The van der Waals surface area contributed by atoms with Gasteiger partial charge in [-0.1, -0.05) is 5.21 Å². The number of nitrogens with zero attached hydrogens (tertiary/aromatic N) is 3. The molecule has 0 radical (unpaired) electrons. The van der Waals surface area contributed by atoms with E-state index >= 15 is 0 Å². The first kappa shape index (κ1) is 14.0. The van der Waals surface area contributed by atoms with Crippen molar-refractivity contribution < 1.29 is 14.3 Å². The van der Waals surface area contributed by atoms with Gasteiger partial charge in [-0.2, -0.15) is 0 Å². The molecular weight excluding hydrogens is 248 g/mol. The van der Waals surface area contributed by atoms with E-state index in [0.29, 0.717) is 12.2 Å². The normalized spacial score (nSPS) is 23.3. The predicted octanol–water partition coefficient (Wildman–Crippen LogP) is 0.238. The molecule has 2 rings (SSSR count). The van der Waals surface area contributed by atoms with Crippen molar-refractivity contribution in [2.24, 2.45) is 5.73 Å². The van der Waals surface area contributed by atoms with Crippen molar-refractivity contribution in [3.8, 4) is 0 Å². The summed E-state index contributed by atoms with van der Waals surface area (Å²) < 4.78 is 12.2. The minimum Gasteiger partial charge on any atom is -0.461 e. The molecule has 1 aliphatic carbocycles. The van der Waals surface area contributed by atoms with E-state index in [2.05, 4.69) is 10.3 Å². The Bertz CT molecular complexity index is 421. The summed E-state index contributed by atoms with van der Waals surface area (Å²) in [5, 5.41) is 7.63. The lowest BCUT2D eigenvalue weighted by Crippen LogP contribution is -2.30. The third-order valence-electron chi connectivity index (χ3n) is 3.30. The molecule has 106 valence electrons. The molecule has 0 spiro atoms. The van der Waals surface area contributed by atoms with Crippen LogP contribution in [0.25, 0.3) is 0 Å². The maximum absolute atomic E-state index is 11.8. The molecule has 0 saturated heterocycles. The molecule has 1 fully saturated rings. The molecule has 0 aliphatic heterocycles. The number of hydrogen-bond donors (Lipinski definition) is 1. The summed E-state index contributed by atoms with van der Waals surface area (Å²) in [6.07, 6.45) is 5.53. The molecule has 7 heteroatoms. The van der Waals surface area contributed by atoms with Gasteiger partial charge in [0.25, 0.3) is 0 Å². The quantitative estimate of drug-likeness (QED) is 0.769. The maximum Gasteiger partial charge on any atom is 0.328 e. The Morgan fingerprint density at radius 2 is 2.32 bits per heavy atom. The molecule has 1 aliphatic rings. The van der Waals surface area contributed by atoms with Crippen LogP contribution in [0.5, 0.6) is 0 Å². The largest absolute Gasteiger partial charge is 0.461 e. The first-order chi connectivity index (χ1) is 9.21. The van der Waals surface area contributed by atoms with Crippen molar-refractivity contribution in [2.75, 3.05) is 7.11 Å². The van der Waals surface area contributed by atoms with Crippen LogP contribution in [0.1, 0.15) is 31.4 Å². The average molecular weight is 268 g/mol. The Balaban J connectivity index is 1.80. The number of esters is 1. The standard InChI is InChI=1S/C12H20N4O3/c1-18-10-3-2-4-11(5-10)19-12(17)8-16-7-9(6-13)14-15-16/h7,10-11H,2-6,8,13H2,1H3. The van der Waals surface area contributed by atoms with E-state index in [-0.39, 0.29) is 24.7 Å². The van der Waals surface area contributed by atoms with Crippen LogP contribution in [0.4, 0.5) is 0 Å². The first-order valence-corrected chi connectivity index (χ1v) is 6.52. The third-order valence-corrected chi connectivity index (χ3v) is 3.30. The summed E-state index contributed by atoms with van der Waals surface area (Å²) in [6.45, 7) is 0.383. The molecule has 2 atom stereocenters. The van der Waals surface area contributed by atoms with Crippen LogP contribution in [-0.2, 0) is 27.4 Å². The number of methoxy groups -OCH3 is 1. The maximum atomic E-state index is 11.8. The van der Waals surface area contributed by atoms with Crippen molar-refractivity contribution >= 4 is 5.97 Å². The van der Waals surface area contributed by atoms with Gasteiger partial charge in [-0.3, -0.25) is 4.79 Å². The first-order valence-electron chi connectivity index (χ1n) is 6.52. The van der Waals surface area contributed by atoms with Crippen LogP contribution in [0.2, 0.25) is 0 Å². The summed E-state index contributed by atoms with van der Waals surface area (Å²) in [4.78, 5) is 11.8. The Kier molecular flexibility index (Phi) is 4.86. The molecule has 2 unspecified atom stereocenters. The van der Waals surface area contributed by atoms with E-state index in [9.17, 15) is 4.79 Å². The zero-order chi connectivity index (χ0) is 13.7. The molecule has 1 heterocycles. The van der Waals surface area contributed by atoms with Crippen molar-refractivity contribution in [3.63, 3.8) is 0 Å². The van der Waals surface area contributed by atoms with Crippen LogP contribution in [-0.4, -0.2) is 40.3 Å². The lowest BCUT2D eigenvalue weighted by molar-refractivity contribution is -0.153. The summed E-state index contributed by atoms with van der Waals surface area (Å²) in [6, 6.07) is 0. The molecule has 2 N–H and O–H groups in total. The molecule has 1 saturated carbocycles. The zero-order valence-electron chi connectivity index (χ0n) is 11.1. The minimum absolute atomic E-state index is 0.0521. The van der Waals surface area contributed by atoms with E-state index in [1.165, 1.54) is 4.68 Å². The zero-order valence-corrected chi connectivity index (χ0v) is 11.1. The van der Waals surface area contributed by atoms with Gasteiger partial charge >= 0.3 is 5.97 Å². The summed E-state index contributed by atoms with van der Waals surface area (Å²) >= 11 is 0. The second-order valence-corrected chi connectivity index (χ2v) is 4.75. The number of hydrogen-bond acceptors (Lipinski definition) is 6. The fraction of sp³-hybridized carbons (Fsp3) is 0.750. The monoisotopic (exact) mass is 268 g/mol. The smallest absolute Gasteiger partial charge is 0.328 e. The highest BCUT2D eigenvalue weighted by Gasteiger charge is 2.24. The van der Waals surface area contributed by atoms with Crippen molar-refractivity contribution in [2.45, 2.75) is 51.0 Å². The molecular formula is C12H20N4O3. The number of ether oxygens (including phenoxy) is 2. The van der Waals surface area contributed by atoms with E-state index in [1.54, 1.807) is 13.3 Å². The van der Waals surface area contributed by atoms with Crippen molar-refractivity contribution in [1.82, 2.24) is 15.0 Å². The number of rotatable bonds is 5. The van der Waals surface area contributed by atoms with Gasteiger partial charge in [0.05, 0.1) is 18.0 Å².